The van der Waals surface area contributed by atoms with E-state index >= 15 is 0 Å². The van der Waals surface area contributed by atoms with Gasteiger partial charge in [-0.05, 0) is 29.2 Å². The van der Waals surface area contributed by atoms with E-state index in [4.69, 9.17) is 11.5 Å². The summed E-state index contributed by atoms with van der Waals surface area (Å²) in [4.78, 5) is 0. The van der Waals surface area contributed by atoms with Gasteiger partial charge in [-0.1, -0.05) is 57.2 Å². The maximum absolute atomic E-state index is 5.81. The van der Waals surface area contributed by atoms with Crippen molar-refractivity contribution in [2.45, 2.75) is 26.2 Å². The molecule has 0 aliphatic carbocycles. The average Bonchev–Trinajstić information content (AvgIpc) is 2.30. The van der Waals surface area contributed by atoms with E-state index in [9.17, 15) is 0 Å². The number of nitrogens with two attached hydrogens (primary N) is 2. The Kier molecular flexibility index (Phi) is 4.78. The second kappa shape index (κ2) is 6.10. The molecular weight excluding hydrogens is 220 g/mol. The van der Waals surface area contributed by atoms with Gasteiger partial charge in [0.05, 0.1) is 0 Å². The van der Waals surface area contributed by atoms with E-state index in [1.807, 2.05) is 48.5 Å². The summed E-state index contributed by atoms with van der Waals surface area (Å²) in [5.74, 6) is 0. The van der Waals surface area contributed by atoms with Gasteiger partial charge in [0.1, 0.15) is 0 Å². The summed E-state index contributed by atoms with van der Waals surface area (Å²) in [6, 6.07) is 17.5. The minimum absolute atomic E-state index is 0.158. The van der Waals surface area contributed by atoms with Gasteiger partial charge in [0.25, 0.3) is 0 Å². The van der Waals surface area contributed by atoms with E-state index in [0.717, 1.165) is 11.4 Å². The first-order valence-corrected chi connectivity index (χ1v) is 6.07. The molecule has 0 bridgehead atoms. The first-order chi connectivity index (χ1) is 8.41. The number of hydrogen-bond donors (Lipinski definition) is 2. The van der Waals surface area contributed by atoms with Crippen LogP contribution in [0.25, 0.3) is 0 Å². The van der Waals surface area contributed by atoms with Crippen LogP contribution in [0, 0.1) is 0 Å². The van der Waals surface area contributed by atoms with Gasteiger partial charge in [-0.3, -0.25) is 0 Å². The van der Waals surface area contributed by atoms with Crippen LogP contribution in [0.4, 0.5) is 11.4 Å². The maximum atomic E-state index is 5.81. The highest BCUT2D eigenvalue weighted by molar-refractivity contribution is 5.49. The van der Waals surface area contributed by atoms with Crippen LogP contribution in [0.5, 0.6) is 0 Å². The van der Waals surface area contributed by atoms with Gasteiger partial charge in [0, 0.05) is 11.4 Å². The predicted molar refractivity (Wildman–Crippen MR) is 80.4 cm³/mol. The molecule has 0 aromatic heterocycles. The lowest BCUT2D eigenvalue weighted by atomic mass is 9.86. The fraction of sp³-hybridized carbons (Fsp3) is 0.250. The molecule has 2 rings (SSSR count). The normalized spacial score (nSPS) is 10.4. The summed E-state index contributed by atoms with van der Waals surface area (Å²) in [7, 11) is 0. The predicted octanol–water partition coefficient (Wildman–Crippen LogP) is 3.84. The van der Waals surface area contributed by atoms with Crippen LogP contribution < -0.4 is 11.5 Å². The molecule has 4 N–H and O–H groups in total. The molecular formula is C16H22N2. The van der Waals surface area contributed by atoms with Crippen molar-refractivity contribution in [3.05, 3.63) is 60.2 Å². The minimum Gasteiger partial charge on any atom is -0.399 e. The average molecular weight is 242 g/mol. The van der Waals surface area contributed by atoms with Gasteiger partial charge >= 0.3 is 0 Å². The monoisotopic (exact) mass is 242 g/mol. The molecule has 0 spiro atoms. The van der Waals surface area contributed by atoms with Crippen molar-refractivity contribution in [3.63, 3.8) is 0 Å². The molecule has 0 radical (unpaired) electrons. The Bertz CT molecular complexity index is 470. The van der Waals surface area contributed by atoms with E-state index in [-0.39, 0.29) is 5.41 Å². The van der Waals surface area contributed by atoms with Crippen LogP contribution in [0.1, 0.15) is 26.3 Å². The quantitative estimate of drug-likeness (QED) is 0.690. The standard InChI is InChI=1S/C10H15N.C6H7N/c1-10(2,3)8-6-4-5-7-9(8)11;7-6-4-2-1-3-5-6/h4-7H,11H2,1-3H3;1-5H,7H2. The second-order valence-corrected chi connectivity index (χ2v) is 5.25. The van der Waals surface area contributed by atoms with Gasteiger partial charge in [-0.25, -0.2) is 0 Å². The lowest BCUT2D eigenvalue weighted by Crippen LogP contribution is -2.13. The number of hydrogen-bond acceptors (Lipinski definition) is 2. The van der Waals surface area contributed by atoms with E-state index < -0.39 is 0 Å². The molecule has 2 aromatic carbocycles. The van der Waals surface area contributed by atoms with Crippen molar-refractivity contribution in [2.75, 3.05) is 11.5 Å². The van der Waals surface area contributed by atoms with Gasteiger partial charge in [0.2, 0.25) is 0 Å². The highest BCUT2D eigenvalue weighted by Crippen LogP contribution is 2.26. The molecule has 18 heavy (non-hydrogen) atoms. The molecule has 2 nitrogen and oxygen atoms in total. The van der Waals surface area contributed by atoms with Crippen LogP contribution in [-0.2, 0) is 5.41 Å². The Hall–Kier alpha value is -1.96. The van der Waals surface area contributed by atoms with E-state index in [1.165, 1.54) is 5.56 Å². The first-order valence-electron chi connectivity index (χ1n) is 6.07. The molecule has 0 amide bonds. The van der Waals surface area contributed by atoms with Crippen molar-refractivity contribution in [1.82, 2.24) is 0 Å². The summed E-state index contributed by atoms with van der Waals surface area (Å²) in [5, 5.41) is 0. The molecule has 0 heterocycles. The zero-order valence-electron chi connectivity index (χ0n) is 11.4. The summed E-state index contributed by atoms with van der Waals surface area (Å²) >= 11 is 0. The number of para-hydroxylation sites is 2. The Balaban J connectivity index is 0.000000199. The van der Waals surface area contributed by atoms with Crippen molar-refractivity contribution in [1.29, 1.82) is 0 Å². The van der Waals surface area contributed by atoms with Crippen LogP contribution in [-0.4, -0.2) is 0 Å². The third kappa shape index (κ3) is 4.50. The van der Waals surface area contributed by atoms with Crippen molar-refractivity contribution < 1.29 is 0 Å². The maximum Gasteiger partial charge on any atom is 0.0351 e. The topological polar surface area (TPSA) is 52.0 Å². The van der Waals surface area contributed by atoms with Crippen molar-refractivity contribution >= 4 is 11.4 Å². The summed E-state index contributed by atoms with van der Waals surface area (Å²) < 4.78 is 0. The van der Waals surface area contributed by atoms with Crippen LogP contribution in [0.15, 0.2) is 54.6 Å². The van der Waals surface area contributed by atoms with Gasteiger partial charge in [-0.15, -0.1) is 0 Å². The number of rotatable bonds is 0. The van der Waals surface area contributed by atoms with Crippen LogP contribution in [0.2, 0.25) is 0 Å². The summed E-state index contributed by atoms with van der Waals surface area (Å²) in [5.41, 5.74) is 14.3. The third-order valence-corrected chi connectivity index (χ3v) is 2.57. The number of nitrogen functional groups attached to an aromatic ring is 2. The molecule has 0 saturated carbocycles. The highest BCUT2D eigenvalue weighted by atomic mass is 14.6. The van der Waals surface area contributed by atoms with Gasteiger partial charge in [0.15, 0.2) is 0 Å². The zero-order valence-corrected chi connectivity index (χ0v) is 11.4. The lowest BCUT2D eigenvalue weighted by molar-refractivity contribution is 0.592. The fourth-order valence-electron chi connectivity index (χ4n) is 1.63. The molecule has 2 heteroatoms. The highest BCUT2D eigenvalue weighted by Gasteiger charge is 2.15. The van der Waals surface area contributed by atoms with Crippen LogP contribution >= 0.6 is 0 Å². The summed E-state index contributed by atoms with van der Waals surface area (Å²) in [6.07, 6.45) is 0. The Morgan fingerprint density at radius 1 is 0.722 bits per heavy atom. The third-order valence-electron chi connectivity index (χ3n) is 2.57. The smallest absolute Gasteiger partial charge is 0.0351 e. The fourth-order valence-corrected chi connectivity index (χ4v) is 1.63. The molecule has 0 unspecified atom stereocenters. The Labute approximate surface area is 110 Å². The van der Waals surface area contributed by atoms with Crippen molar-refractivity contribution in [2.24, 2.45) is 0 Å². The van der Waals surface area contributed by atoms with Crippen LogP contribution in [0.3, 0.4) is 0 Å². The molecule has 0 aliphatic heterocycles. The largest absolute Gasteiger partial charge is 0.399 e. The molecule has 2 aromatic rings. The molecule has 0 saturated heterocycles. The summed E-state index contributed by atoms with van der Waals surface area (Å²) in [6.45, 7) is 6.50. The molecule has 96 valence electrons. The molecule has 0 aliphatic rings. The van der Waals surface area contributed by atoms with Gasteiger partial charge < -0.3 is 11.5 Å². The van der Waals surface area contributed by atoms with E-state index in [0.29, 0.717) is 0 Å². The Morgan fingerprint density at radius 2 is 1.22 bits per heavy atom. The number of anilines is 2. The SMILES string of the molecule is CC(C)(C)c1ccccc1N.Nc1ccccc1. The second-order valence-electron chi connectivity index (χ2n) is 5.25. The molecule has 0 fully saturated rings. The lowest BCUT2D eigenvalue weighted by Gasteiger charge is -2.20. The Morgan fingerprint density at radius 3 is 1.56 bits per heavy atom. The van der Waals surface area contributed by atoms with E-state index in [2.05, 4.69) is 26.8 Å². The zero-order chi connectivity index (χ0) is 13.6. The minimum atomic E-state index is 0.158. The van der Waals surface area contributed by atoms with Gasteiger partial charge in [-0.2, -0.15) is 0 Å². The van der Waals surface area contributed by atoms with Crippen molar-refractivity contribution in [3.8, 4) is 0 Å². The number of benzene rings is 2. The van der Waals surface area contributed by atoms with E-state index in [1.54, 1.807) is 0 Å². The first kappa shape index (κ1) is 14.1. The molecule has 0 atom stereocenters.